The third kappa shape index (κ3) is 3.96. The summed E-state index contributed by atoms with van der Waals surface area (Å²) in [5, 5.41) is 13.2. The molecule has 0 spiro atoms. The van der Waals surface area contributed by atoms with Gasteiger partial charge in [-0.2, -0.15) is 23.4 Å². The van der Waals surface area contributed by atoms with E-state index in [9.17, 15) is 18.0 Å². The Morgan fingerprint density at radius 1 is 1.32 bits per heavy atom. The molecular formula is C17H17F3N4O. The molecule has 0 saturated carbocycles. The predicted molar refractivity (Wildman–Crippen MR) is 86.8 cm³/mol. The van der Waals surface area contributed by atoms with E-state index in [1.54, 1.807) is 30.5 Å². The molecule has 1 aliphatic rings. The monoisotopic (exact) mass is 350 g/mol. The quantitative estimate of drug-likeness (QED) is 0.893. The standard InChI is InChI=1S/C17H17F3N4O/c1-10-4-5-12(8-13(10)14-3-2-6-22-24-14)23-16(25)15-7-11(9-21-15)17(18,19)20/h2-6,8,11,15,21H,7,9H2,1H3,(H,23,25)/t11-,15-/m0/s1. The van der Waals surface area contributed by atoms with Crippen LogP contribution in [-0.4, -0.2) is 34.9 Å². The zero-order valence-corrected chi connectivity index (χ0v) is 13.5. The molecule has 132 valence electrons. The van der Waals surface area contributed by atoms with Gasteiger partial charge in [-0.25, -0.2) is 0 Å². The van der Waals surface area contributed by atoms with Crippen LogP contribution in [0, 0.1) is 12.8 Å². The summed E-state index contributed by atoms with van der Waals surface area (Å²) in [4.78, 5) is 12.3. The Morgan fingerprint density at radius 2 is 2.12 bits per heavy atom. The maximum atomic E-state index is 12.7. The van der Waals surface area contributed by atoms with Gasteiger partial charge in [0.05, 0.1) is 17.7 Å². The number of hydrogen-bond acceptors (Lipinski definition) is 4. The molecule has 0 aliphatic carbocycles. The number of nitrogens with zero attached hydrogens (tertiary/aromatic N) is 2. The second-order valence-electron chi connectivity index (χ2n) is 6.06. The molecule has 2 atom stereocenters. The van der Waals surface area contributed by atoms with Crippen LogP contribution in [0.2, 0.25) is 0 Å². The van der Waals surface area contributed by atoms with E-state index < -0.39 is 24.0 Å². The summed E-state index contributed by atoms with van der Waals surface area (Å²) in [6, 6.07) is 7.98. The van der Waals surface area contributed by atoms with Crippen molar-refractivity contribution in [2.24, 2.45) is 5.92 Å². The van der Waals surface area contributed by atoms with Crippen LogP contribution in [0.25, 0.3) is 11.3 Å². The van der Waals surface area contributed by atoms with E-state index >= 15 is 0 Å². The highest BCUT2D eigenvalue weighted by molar-refractivity contribution is 5.95. The van der Waals surface area contributed by atoms with Crippen LogP contribution in [0.15, 0.2) is 36.5 Å². The van der Waals surface area contributed by atoms with Gasteiger partial charge in [-0.05, 0) is 43.2 Å². The van der Waals surface area contributed by atoms with E-state index in [4.69, 9.17) is 0 Å². The SMILES string of the molecule is Cc1ccc(NC(=O)[C@@H]2C[C@H](C(F)(F)F)CN2)cc1-c1cccnn1. The summed E-state index contributed by atoms with van der Waals surface area (Å²) in [7, 11) is 0. The normalized spacial score (nSPS) is 20.5. The molecule has 8 heteroatoms. The highest BCUT2D eigenvalue weighted by atomic mass is 19.4. The second-order valence-corrected chi connectivity index (χ2v) is 6.06. The van der Waals surface area contributed by atoms with Gasteiger partial charge in [-0.3, -0.25) is 4.79 Å². The number of nitrogens with one attached hydrogen (secondary N) is 2. The predicted octanol–water partition coefficient (Wildman–Crippen LogP) is 2.93. The highest BCUT2D eigenvalue weighted by Gasteiger charge is 2.45. The fourth-order valence-electron chi connectivity index (χ4n) is 2.84. The minimum absolute atomic E-state index is 0.236. The largest absolute Gasteiger partial charge is 0.393 e. The van der Waals surface area contributed by atoms with Gasteiger partial charge in [0.15, 0.2) is 0 Å². The zero-order valence-electron chi connectivity index (χ0n) is 13.5. The molecule has 3 rings (SSSR count). The first kappa shape index (κ1) is 17.3. The number of aromatic nitrogens is 2. The van der Waals surface area contributed by atoms with Gasteiger partial charge in [0.25, 0.3) is 0 Å². The molecular weight excluding hydrogens is 333 g/mol. The first-order valence-corrected chi connectivity index (χ1v) is 7.84. The number of aryl methyl sites for hydroxylation is 1. The molecule has 2 heterocycles. The minimum atomic E-state index is -4.29. The van der Waals surface area contributed by atoms with Crippen LogP contribution in [-0.2, 0) is 4.79 Å². The van der Waals surface area contributed by atoms with E-state index in [1.165, 1.54) is 0 Å². The summed E-state index contributed by atoms with van der Waals surface area (Å²) in [5.41, 5.74) is 2.92. The lowest BCUT2D eigenvalue weighted by molar-refractivity contribution is -0.169. The van der Waals surface area contributed by atoms with Gasteiger partial charge in [-0.1, -0.05) is 6.07 Å². The molecule has 1 aliphatic heterocycles. The van der Waals surface area contributed by atoms with Crippen molar-refractivity contribution in [3.8, 4) is 11.3 Å². The average molecular weight is 350 g/mol. The molecule has 1 fully saturated rings. The lowest BCUT2D eigenvalue weighted by Gasteiger charge is -2.14. The van der Waals surface area contributed by atoms with Crippen molar-refractivity contribution >= 4 is 11.6 Å². The lowest BCUT2D eigenvalue weighted by atomic mass is 10.0. The number of alkyl halides is 3. The molecule has 1 amide bonds. The smallest absolute Gasteiger partial charge is 0.325 e. The fourth-order valence-corrected chi connectivity index (χ4v) is 2.84. The van der Waals surface area contributed by atoms with Gasteiger partial charge in [0.2, 0.25) is 5.91 Å². The van der Waals surface area contributed by atoms with Crippen LogP contribution in [0.5, 0.6) is 0 Å². The second kappa shape index (κ2) is 6.79. The van der Waals surface area contributed by atoms with Crippen molar-refractivity contribution in [2.75, 3.05) is 11.9 Å². The number of carbonyl (C=O) groups is 1. The average Bonchev–Trinajstić information content (AvgIpc) is 3.08. The van der Waals surface area contributed by atoms with Crippen LogP contribution >= 0.6 is 0 Å². The van der Waals surface area contributed by atoms with Crippen LogP contribution < -0.4 is 10.6 Å². The summed E-state index contributed by atoms with van der Waals surface area (Å²) < 4.78 is 38.2. The van der Waals surface area contributed by atoms with E-state index in [-0.39, 0.29) is 13.0 Å². The van der Waals surface area contributed by atoms with E-state index in [0.717, 1.165) is 11.1 Å². The van der Waals surface area contributed by atoms with Crippen LogP contribution in [0.4, 0.5) is 18.9 Å². The van der Waals surface area contributed by atoms with Crippen molar-refractivity contribution in [1.82, 2.24) is 15.5 Å². The number of benzene rings is 1. The van der Waals surface area contributed by atoms with E-state index in [1.807, 2.05) is 13.0 Å². The molecule has 0 unspecified atom stereocenters. The number of halogens is 3. The van der Waals surface area contributed by atoms with Crippen molar-refractivity contribution in [1.29, 1.82) is 0 Å². The van der Waals surface area contributed by atoms with Crippen LogP contribution in [0.1, 0.15) is 12.0 Å². The number of anilines is 1. The van der Waals surface area contributed by atoms with Gasteiger partial charge < -0.3 is 10.6 Å². The van der Waals surface area contributed by atoms with Gasteiger partial charge in [-0.15, -0.1) is 0 Å². The van der Waals surface area contributed by atoms with Gasteiger partial charge in [0, 0.05) is 24.0 Å². The van der Waals surface area contributed by atoms with E-state index in [0.29, 0.717) is 11.4 Å². The molecule has 0 bridgehead atoms. The number of rotatable bonds is 3. The molecule has 1 aromatic carbocycles. The summed E-state index contributed by atoms with van der Waals surface area (Å²) in [6.45, 7) is 1.67. The Bertz CT molecular complexity index is 764. The van der Waals surface area contributed by atoms with Gasteiger partial charge in [0.1, 0.15) is 0 Å². The maximum Gasteiger partial charge on any atom is 0.393 e. The highest BCUT2D eigenvalue weighted by Crippen LogP contribution is 2.33. The maximum absolute atomic E-state index is 12.7. The molecule has 1 aromatic heterocycles. The van der Waals surface area contributed by atoms with Crippen LogP contribution in [0.3, 0.4) is 0 Å². The number of carbonyl (C=O) groups excluding carboxylic acids is 1. The third-order valence-corrected chi connectivity index (χ3v) is 4.26. The summed E-state index contributed by atoms with van der Waals surface area (Å²) >= 11 is 0. The van der Waals surface area contributed by atoms with Crippen molar-refractivity contribution in [3.63, 3.8) is 0 Å². The number of amides is 1. The fraction of sp³-hybridized carbons (Fsp3) is 0.353. The molecule has 2 aromatic rings. The number of hydrogen-bond donors (Lipinski definition) is 2. The molecule has 25 heavy (non-hydrogen) atoms. The van der Waals surface area contributed by atoms with Gasteiger partial charge >= 0.3 is 6.18 Å². The Labute approximate surface area is 142 Å². The first-order valence-electron chi connectivity index (χ1n) is 7.84. The third-order valence-electron chi connectivity index (χ3n) is 4.26. The Balaban J connectivity index is 1.73. The lowest BCUT2D eigenvalue weighted by Crippen LogP contribution is -2.35. The first-order chi connectivity index (χ1) is 11.8. The van der Waals surface area contributed by atoms with Crippen molar-refractivity contribution in [3.05, 3.63) is 42.1 Å². The minimum Gasteiger partial charge on any atom is -0.325 e. The molecule has 5 nitrogen and oxygen atoms in total. The summed E-state index contributed by atoms with van der Waals surface area (Å²) in [5.74, 6) is -1.96. The molecule has 0 radical (unpaired) electrons. The summed E-state index contributed by atoms with van der Waals surface area (Å²) in [6.07, 6.45) is -2.98. The Kier molecular flexibility index (Phi) is 4.71. The molecule has 1 saturated heterocycles. The zero-order chi connectivity index (χ0) is 18.0. The van der Waals surface area contributed by atoms with Crippen molar-refractivity contribution in [2.45, 2.75) is 25.6 Å². The molecule has 2 N–H and O–H groups in total. The Hall–Kier alpha value is -2.48. The Morgan fingerprint density at radius 3 is 2.76 bits per heavy atom. The van der Waals surface area contributed by atoms with Crippen molar-refractivity contribution < 1.29 is 18.0 Å². The van der Waals surface area contributed by atoms with E-state index in [2.05, 4.69) is 20.8 Å². The topological polar surface area (TPSA) is 66.9 Å².